The Hall–Kier alpha value is -2.29. The highest BCUT2D eigenvalue weighted by Gasteiger charge is 2.15. The fraction of sp³-hybridized carbons (Fsp3) is 0.278. The highest BCUT2D eigenvalue weighted by Crippen LogP contribution is 2.24. The van der Waals surface area contributed by atoms with Crippen molar-refractivity contribution in [3.05, 3.63) is 59.8 Å². The minimum Gasteiger partial charge on any atom is -0.461 e. The van der Waals surface area contributed by atoms with Crippen LogP contribution in [0, 0.1) is 0 Å². The van der Waals surface area contributed by atoms with Gasteiger partial charge in [0, 0.05) is 6.04 Å². The maximum atomic E-state index is 11.9. The number of carbonyl (C=O) groups excluding carboxylic acids is 1. The maximum absolute atomic E-state index is 11.9. The lowest BCUT2D eigenvalue weighted by atomic mass is 9.99. The smallest absolute Gasteiger partial charge is 0.354 e. The van der Waals surface area contributed by atoms with Crippen LogP contribution in [0.15, 0.2) is 54.2 Å². The lowest BCUT2D eigenvalue weighted by molar-refractivity contribution is -0.139. The van der Waals surface area contributed by atoms with Crippen molar-refractivity contribution in [1.82, 2.24) is 5.32 Å². The average molecular weight is 283 g/mol. The van der Waals surface area contributed by atoms with Gasteiger partial charge in [0.25, 0.3) is 0 Å². The molecule has 0 amide bonds. The Labute approximate surface area is 125 Å². The number of ether oxygens (including phenoxy) is 1. The quantitative estimate of drug-likeness (QED) is 0.667. The van der Waals surface area contributed by atoms with Crippen LogP contribution in [0.2, 0.25) is 0 Å². The van der Waals surface area contributed by atoms with Crippen LogP contribution in [0.4, 0.5) is 0 Å². The molecule has 0 saturated heterocycles. The molecule has 0 heterocycles. The molecule has 0 fully saturated rings. The van der Waals surface area contributed by atoms with Crippen LogP contribution in [-0.2, 0) is 9.53 Å². The molecule has 2 aromatic carbocycles. The zero-order chi connectivity index (χ0) is 15.2. The predicted molar refractivity (Wildman–Crippen MR) is 85.9 cm³/mol. The minimum atomic E-state index is -0.313. The van der Waals surface area contributed by atoms with E-state index in [-0.39, 0.29) is 12.0 Å². The van der Waals surface area contributed by atoms with Gasteiger partial charge in [0.15, 0.2) is 0 Å². The van der Waals surface area contributed by atoms with E-state index in [2.05, 4.69) is 29.6 Å². The summed E-state index contributed by atoms with van der Waals surface area (Å²) >= 11 is 0. The summed E-state index contributed by atoms with van der Waals surface area (Å²) in [7, 11) is 0. The van der Waals surface area contributed by atoms with Crippen molar-refractivity contribution in [2.24, 2.45) is 0 Å². The monoisotopic (exact) mass is 283 g/mol. The fourth-order valence-corrected chi connectivity index (χ4v) is 2.41. The highest BCUT2D eigenvalue weighted by atomic mass is 16.5. The van der Waals surface area contributed by atoms with E-state index in [0.717, 1.165) is 5.56 Å². The molecule has 0 aliphatic rings. The van der Waals surface area contributed by atoms with Gasteiger partial charge in [-0.2, -0.15) is 0 Å². The van der Waals surface area contributed by atoms with Crippen molar-refractivity contribution in [3.63, 3.8) is 0 Å². The molecule has 3 heteroatoms. The van der Waals surface area contributed by atoms with E-state index >= 15 is 0 Å². The third kappa shape index (κ3) is 3.43. The Morgan fingerprint density at radius 1 is 1.24 bits per heavy atom. The van der Waals surface area contributed by atoms with E-state index in [9.17, 15) is 4.79 Å². The van der Waals surface area contributed by atoms with Crippen LogP contribution in [0.5, 0.6) is 0 Å². The summed E-state index contributed by atoms with van der Waals surface area (Å²) in [4.78, 5) is 11.9. The molecule has 1 atom stereocenters. The molecule has 0 saturated carbocycles. The molecule has 0 aromatic heterocycles. The molecule has 0 aliphatic heterocycles. The van der Waals surface area contributed by atoms with Gasteiger partial charge in [-0.3, -0.25) is 0 Å². The molecule has 2 rings (SSSR count). The van der Waals surface area contributed by atoms with E-state index in [1.165, 1.54) is 10.8 Å². The van der Waals surface area contributed by atoms with Gasteiger partial charge in [0.1, 0.15) is 5.70 Å². The van der Waals surface area contributed by atoms with Crippen LogP contribution in [0.25, 0.3) is 10.8 Å². The van der Waals surface area contributed by atoms with Gasteiger partial charge in [-0.1, -0.05) is 48.5 Å². The average Bonchev–Trinajstić information content (AvgIpc) is 2.52. The van der Waals surface area contributed by atoms with Crippen molar-refractivity contribution in [1.29, 1.82) is 0 Å². The van der Waals surface area contributed by atoms with Crippen molar-refractivity contribution < 1.29 is 9.53 Å². The Morgan fingerprint density at radius 3 is 2.67 bits per heavy atom. The van der Waals surface area contributed by atoms with Crippen molar-refractivity contribution in [2.75, 3.05) is 6.61 Å². The Balaban J connectivity index is 2.26. The fourth-order valence-electron chi connectivity index (χ4n) is 2.41. The highest BCUT2D eigenvalue weighted by molar-refractivity contribution is 5.88. The summed E-state index contributed by atoms with van der Waals surface area (Å²) in [6, 6.07) is 14.5. The zero-order valence-corrected chi connectivity index (χ0v) is 12.7. The van der Waals surface area contributed by atoms with Gasteiger partial charge >= 0.3 is 5.97 Å². The van der Waals surface area contributed by atoms with Crippen molar-refractivity contribution in [2.45, 2.75) is 26.8 Å². The molecule has 1 N–H and O–H groups in total. The van der Waals surface area contributed by atoms with E-state index in [1.54, 1.807) is 13.0 Å². The largest absolute Gasteiger partial charge is 0.461 e. The molecule has 0 aliphatic carbocycles. The summed E-state index contributed by atoms with van der Waals surface area (Å²) in [6.07, 6.45) is 1.75. The summed E-state index contributed by atoms with van der Waals surface area (Å²) in [5.74, 6) is -0.313. The van der Waals surface area contributed by atoms with E-state index in [0.29, 0.717) is 12.3 Å². The first kappa shape index (κ1) is 15.1. The van der Waals surface area contributed by atoms with Crippen LogP contribution in [-0.4, -0.2) is 12.6 Å². The van der Waals surface area contributed by atoms with Crippen LogP contribution in [0.1, 0.15) is 32.4 Å². The third-order valence-electron chi connectivity index (χ3n) is 3.45. The number of allylic oxidation sites excluding steroid dienone is 1. The molecule has 2 aromatic rings. The van der Waals surface area contributed by atoms with Gasteiger partial charge in [-0.05, 0) is 37.1 Å². The second-order valence-electron chi connectivity index (χ2n) is 4.86. The standard InChI is InChI=1S/C18H21NO2/c1-4-17(18(20)21-5-2)19-13(3)15-12-8-10-14-9-6-7-11-16(14)15/h4,6-13,19H,5H2,1-3H3/b17-4+. The second kappa shape index (κ2) is 6.93. The van der Waals surface area contributed by atoms with E-state index < -0.39 is 0 Å². The number of rotatable bonds is 5. The van der Waals surface area contributed by atoms with Crippen LogP contribution >= 0.6 is 0 Å². The second-order valence-corrected chi connectivity index (χ2v) is 4.86. The molecular formula is C18H21NO2. The van der Waals surface area contributed by atoms with Crippen LogP contribution < -0.4 is 5.32 Å². The first-order valence-corrected chi connectivity index (χ1v) is 7.25. The normalized spacial score (nSPS) is 13.0. The molecule has 110 valence electrons. The number of fused-ring (bicyclic) bond motifs is 1. The third-order valence-corrected chi connectivity index (χ3v) is 3.45. The zero-order valence-electron chi connectivity index (χ0n) is 12.7. The molecule has 0 radical (unpaired) electrons. The van der Waals surface area contributed by atoms with Crippen molar-refractivity contribution >= 4 is 16.7 Å². The van der Waals surface area contributed by atoms with Gasteiger partial charge in [0.2, 0.25) is 0 Å². The summed E-state index contributed by atoms with van der Waals surface area (Å²) < 4.78 is 5.05. The first-order chi connectivity index (χ1) is 10.2. The number of hydrogen-bond donors (Lipinski definition) is 1. The summed E-state index contributed by atoms with van der Waals surface area (Å²) in [5.41, 5.74) is 1.66. The van der Waals surface area contributed by atoms with E-state index in [1.807, 2.05) is 32.0 Å². The summed E-state index contributed by atoms with van der Waals surface area (Å²) in [6.45, 7) is 6.05. The molecular weight excluding hydrogens is 262 g/mol. The number of carbonyl (C=O) groups is 1. The SMILES string of the molecule is C/C=C(/NC(C)c1cccc2ccccc12)C(=O)OCC. The lowest BCUT2D eigenvalue weighted by Gasteiger charge is -2.19. The van der Waals surface area contributed by atoms with Gasteiger partial charge in [-0.25, -0.2) is 4.79 Å². The molecule has 0 bridgehead atoms. The van der Waals surface area contributed by atoms with Gasteiger partial charge in [-0.15, -0.1) is 0 Å². The number of esters is 1. The van der Waals surface area contributed by atoms with E-state index in [4.69, 9.17) is 4.74 Å². The Bertz CT molecular complexity index is 656. The number of benzene rings is 2. The Kier molecular flexibility index (Phi) is 4.99. The first-order valence-electron chi connectivity index (χ1n) is 7.25. The van der Waals surface area contributed by atoms with Gasteiger partial charge in [0.05, 0.1) is 6.61 Å². The number of nitrogens with one attached hydrogen (secondary N) is 1. The Morgan fingerprint density at radius 2 is 1.95 bits per heavy atom. The molecule has 21 heavy (non-hydrogen) atoms. The topological polar surface area (TPSA) is 38.3 Å². The lowest BCUT2D eigenvalue weighted by Crippen LogP contribution is -2.25. The molecule has 1 unspecified atom stereocenters. The molecule has 0 spiro atoms. The number of hydrogen-bond acceptors (Lipinski definition) is 3. The molecule has 3 nitrogen and oxygen atoms in total. The van der Waals surface area contributed by atoms with Crippen molar-refractivity contribution in [3.8, 4) is 0 Å². The van der Waals surface area contributed by atoms with Gasteiger partial charge < -0.3 is 10.1 Å². The predicted octanol–water partition coefficient (Wildman–Crippen LogP) is 3.96. The minimum absolute atomic E-state index is 0.0201. The summed E-state index contributed by atoms with van der Waals surface area (Å²) in [5, 5.41) is 5.64. The maximum Gasteiger partial charge on any atom is 0.354 e. The van der Waals surface area contributed by atoms with Crippen LogP contribution in [0.3, 0.4) is 0 Å².